The summed E-state index contributed by atoms with van der Waals surface area (Å²) in [5.74, 6) is -1.21. The van der Waals surface area contributed by atoms with Crippen molar-refractivity contribution < 1.29 is 19.2 Å². The van der Waals surface area contributed by atoms with Crippen LogP contribution < -0.4 is 21.3 Å². The summed E-state index contributed by atoms with van der Waals surface area (Å²) in [6.45, 7) is 2.77. The fourth-order valence-electron chi connectivity index (χ4n) is 1.47. The second-order valence-electron chi connectivity index (χ2n) is 4.41. The summed E-state index contributed by atoms with van der Waals surface area (Å²) in [7, 11) is 0. The molecular formula is C14H18N4O4. The fraction of sp³-hybridized carbons (Fsp3) is 0.286. The maximum atomic E-state index is 11.7. The monoisotopic (exact) mass is 306 g/mol. The van der Waals surface area contributed by atoms with E-state index >= 15 is 0 Å². The summed E-state index contributed by atoms with van der Waals surface area (Å²) >= 11 is 0. The lowest BCUT2D eigenvalue weighted by Gasteiger charge is -2.07. The van der Waals surface area contributed by atoms with Gasteiger partial charge in [0, 0.05) is 25.0 Å². The summed E-state index contributed by atoms with van der Waals surface area (Å²) in [5.41, 5.74) is 0.729. The molecule has 0 fully saturated rings. The van der Waals surface area contributed by atoms with Crippen LogP contribution in [0.5, 0.6) is 0 Å². The fourth-order valence-corrected chi connectivity index (χ4v) is 1.47. The highest BCUT2D eigenvalue weighted by Gasteiger charge is 2.08. The molecule has 0 bridgehead atoms. The van der Waals surface area contributed by atoms with E-state index in [2.05, 4.69) is 21.3 Å². The molecule has 8 heteroatoms. The number of hydrogen-bond acceptors (Lipinski definition) is 4. The van der Waals surface area contributed by atoms with Crippen molar-refractivity contribution >= 4 is 23.6 Å². The van der Waals surface area contributed by atoms with Crippen LogP contribution in [-0.2, 0) is 9.59 Å². The molecule has 0 atom stereocenters. The number of hydrogen-bond donors (Lipinski definition) is 4. The third kappa shape index (κ3) is 6.04. The summed E-state index contributed by atoms with van der Waals surface area (Å²) < 4.78 is 0. The van der Waals surface area contributed by atoms with Crippen LogP contribution in [-0.4, -0.2) is 37.0 Å². The average molecular weight is 306 g/mol. The van der Waals surface area contributed by atoms with E-state index in [1.807, 2.05) is 0 Å². The third-order valence-corrected chi connectivity index (χ3v) is 2.58. The number of carbonyl (C=O) groups is 4. The number of amides is 4. The Hall–Kier alpha value is -2.90. The van der Waals surface area contributed by atoms with Crippen LogP contribution >= 0.6 is 0 Å². The van der Waals surface area contributed by atoms with Gasteiger partial charge in [0.05, 0.1) is 13.3 Å². The van der Waals surface area contributed by atoms with Crippen molar-refractivity contribution in [3.05, 3.63) is 35.4 Å². The van der Waals surface area contributed by atoms with Gasteiger partial charge in [-0.15, -0.1) is 0 Å². The Balaban J connectivity index is 2.51. The van der Waals surface area contributed by atoms with Gasteiger partial charge in [-0.1, -0.05) is 0 Å². The van der Waals surface area contributed by atoms with Gasteiger partial charge in [0.25, 0.3) is 11.8 Å². The Kier molecular flexibility index (Phi) is 6.55. The van der Waals surface area contributed by atoms with Crippen molar-refractivity contribution in [2.45, 2.75) is 13.8 Å². The number of benzene rings is 1. The standard InChI is InChI=1S/C14H18N4O4/c1-9(19)15-7-17-13(21)11-3-5-12(6-4-11)14(22)18-8-16-10(2)20/h3-6H,7-8H2,1-2H3,(H,15,19)(H,16,20)(H,17,21)(H,18,22). The minimum Gasteiger partial charge on any atom is -0.339 e. The zero-order valence-electron chi connectivity index (χ0n) is 12.4. The predicted octanol–water partition coefficient (Wildman–Crippen LogP) is -0.667. The lowest BCUT2D eigenvalue weighted by molar-refractivity contribution is -0.119. The molecule has 0 heterocycles. The van der Waals surface area contributed by atoms with Gasteiger partial charge in [-0.3, -0.25) is 19.2 Å². The van der Waals surface area contributed by atoms with E-state index in [0.29, 0.717) is 11.1 Å². The summed E-state index contributed by atoms with van der Waals surface area (Å²) in [5, 5.41) is 9.89. The van der Waals surface area contributed by atoms with E-state index in [0.717, 1.165) is 0 Å². The Bertz CT molecular complexity index is 518. The minimum atomic E-state index is -0.362. The smallest absolute Gasteiger partial charge is 0.252 e. The van der Waals surface area contributed by atoms with Crippen molar-refractivity contribution in [3.63, 3.8) is 0 Å². The summed E-state index contributed by atoms with van der Waals surface area (Å²) in [4.78, 5) is 44.8. The van der Waals surface area contributed by atoms with Crippen LogP contribution in [0, 0.1) is 0 Å². The largest absolute Gasteiger partial charge is 0.339 e. The topological polar surface area (TPSA) is 116 Å². The maximum Gasteiger partial charge on any atom is 0.252 e. The Morgan fingerprint density at radius 1 is 0.682 bits per heavy atom. The SMILES string of the molecule is CC(=O)NCNC(=O)c1ccc(C(=O)NCNC(C)=O)cc1. The molecule has 0 aliphatic heterocycles. The average Bonchev–Trinajstić information content (AvgIpc) is 2.46. The van der Waals surface area contributed by atoms with E-state index in [-0.39, 0.29) is 37.0 Å². The molecule has 1 rings (SSSR count). The van der Waals surface area contributed by atoms with Crippen molar-refractivity contribution in [1.29, 1.82) is 0 Å². The second-order valence-corrected chi connectivity index (χ2v) is 4.41. The summed E-state index contributed by atoms with van der Waals surface area (Å²) in [6, 6.07) is 5.99. The van der Waals surface area contributed by atoms with Crippen LogP contribution in [0.15, 0.2) is 24.3 Å². The second kappa shape index (κ2) is 8.40. The van der Waals surface area contributed by atoms with Crippen LogP contribution in [0.2, 0.25) is 0 Å². The van der Waals surface area contributed by atoms with Gasteiger partial charge in [-0.05, 0) is 24.3 Å². The molecule has 0 radical (unpaired) electrons. The first-order chi connectivity index (χ1) is 10.4. The highest BCUT2D eigenvalue weighted by molar-refractivity contribution is 5.97. The first-order valence-electron chi connectivity index (χ1n) is 6.55. The molecule has 22 heavy (non-hydrogen) atoms. The van der Waals surface area contributed by atoms with Crippen molar-refractivity contribution in [3.8, 4) is 0 Å². The Labute approximate surface area is 127 Å². The molecule has 8 nitrogen and oxygen atoms in total. The van der Waals surface area contributed by atoms with Gasteiger partial charge < -0.3 is 21.3 Å². The molecule has 0 saturated heterocycles. The Morgan fingerprint density at radius 2 is 1.00 bits per heavy atom. The maximum absolute atomic E-state index is 11.7. The van der Waals surface area contributed by atoms with Crippen LogP contribution in [0.3, 0.4) is 0 Å². The van der Waals surface area contributed by atoms with Crippen LogP contribution in [0.1, 0.15) is 34.6 Å². The number of rotatable bonds is 6. The third-order valence-electron chi connectivity index (χ3n) is 2.58. The lowest BCUT2D eigenvalue weighted by atomic mass is 10.1. The van der Waals surface area contributed by atoms with E-state index in [1.54, 1.807) is 0 Å². The summed E-state index contributed by atoms with van der Waals surface area (Å²) in [6.07, 6.45) is 0. The zero-order valence-corrected chi connectivity index (χ0v) is 12.4. The normalized spacial score (nSPS) is 9.55. The predicted molar refractivity (Wildman–Crippen MR) is 78.7 cm³/mol. The molecule has 0 aromatic heterocycles. The molecule has 1 aromatic carbocycles. The minimum absolute atomic E-state index is 0.0348. The molecule has 4 amide bonds. The molecule has 0 aliphatic carbocycles. The van der Waals surface area contributed by atoms with Gasteiger partial charge in [0.1, 0.15) is 0 Å². The van der Waals surface area contributed by atoms with Gasteiger partial charge in [-0.25, -0.2) is 0 Å². The molecular weight excluding hydrogens is 288 g/mol. The van der Waals surface area contributed by atoms with E-state index in [9.17, 15) is 19.2 Å². The number of nitrogens with one attached hydrogen (secondary N) is 4. The first-order valence-corrected chi connectivity index (χ1v) is 6.55. The zero-order chi connectivity index (χ0) is 16.5. The molecule has 0 aliphatic rings. The molecule has 4 N–H and O–H groups in total. The van der Waals surface area contributed by atoms with Gasteiger partial charge in [0.2, 0.25) is 11.8 Å². The van der Waals surface area contributed by atoms with Crippen LogP contribution in [0.4, 0.5) is 0 Å². The Morgan fingerprint density at radius 3 is 1.27 bits per heavy atom. The molecule has 0 saturated carbocycles. The van der Waals surface area contributed by atoms with Crippen molar-refractivity contribution in [2.24, 2.45) is 0 Å². The molecule has 0 spiro atoms. The number of carbonyl (C=O) groups excluding carboxylic acids is 4. The van der Waals surface area contributed by atoms with Gasteiger partial charge >= 0.3 is 0 Å². The molecule has 118 valence electrons. The quantitative estimate of drug-likeness (QED) is 0.522. The highest BCUT2D eigenvalue weighted by Crippen LogP contribution is 2.04. The van der Waals surface area contributed by atoms with Crippen LogP contribution in [0.25, 0.3) is 0 Å². The highest BCUT2D eigenvalue weighted by atomic mass is 16.2. The van der Waals surface area contributed by atoms with Gasteiger partial charge in [-0.2, -0.15) is 0 Å². The van der Waals surface area contributed by atoms with Crippen molar-refractivity contribution in [2.75, 3.05) is 13.3 Å². The van der Waals surface area contributed by atoms with Gasteiger partial charge in [0.15, 0.2) is 0 Å². The molecule has 0 unspecified atom stereocenters. The first kappa shape index (κ1) is 17.2. The van der Waals surface area contributed by atoms with E-state index in [4.69, 9.17) is 0 Å². The lowest BCUT2D eigenvalue weighted by Crippen LogP contribution is -2.36. The molecule has 1 aromatic rings. The van der Waals surface area contributed by atoms with E-state index < -0.39 is 0 Å². The van der Waals surface area contributed by atoms with E-state index in [1.165, 1.54) is 38.1 Å². The van der Waals surface area contributed by atoms with Crippen molar-refractivity contribution in [1.82, 2.24) is 21.3 Å².